The van der Waals surface area contributed by atoms with E-state index in [1.807, 2.05) is 26.8 Å². The lowest BCUT2D eigenvalue weighted by molar-refractivity contribution is 0.0166. The summed E-state index contributed by atoms with van der Waals surface area (Å²) in [5.41, 5.74) is 6.49. The minimum absolute atomic E-state index is 0.279. The number of carbonyl (C=O) groups excluding carboxylic acids is 1. The largest absolute Gasteiger partial charge is 0.495 e. The molecule has 1 aliphatic rings. The van der Waals surface area contributed by atoms with Gasteiger partial charge < -0.3 is 20.1 Å². The highest BCUT2D eigenvalue weighted by Gasteiger charge is 2.35. The number of piperidine rings is 1. The van der Waals surface area contributed by atoms with Crippen LogP contribution in [0.1, 0.15) is 39.2 Å². The third-order valence-electron chi connectivity index (χ3n) is 3.83. The molecule has 0 spiro atoms. The fourth-order valence-corrected chi connectivity index (χ4v) is 2.51. The van der Waals surface area contributed by atoms with E-state index < -0.39 is 11.1 Å². The van der Waals surface area contributed by atoms with Gasteiger partial charge in [-0.1, -0.05) is 0 Å². The highest BCUT2D eigenvalue weighted by Crippen LogP contribution is 2.32. The highest BCUT2D eigenvalue weighted by molar-refractivity contribution is 5.68. The molecule has 0 saturated carbocycles. The van der Waals surface area contributed by atoms with Crippen LogP contribution in [0.2, 0.25) is 0 Å². The molecule has 1 fully saturated rings. The number of aromatic nitrogens is 1. The van der Waals surface area contributed by atoms with Gasteiger partial charge in [-0.3, -0.25) is 4.98 Å². The van der Waals surface area contributed by atoms with Crippen LogP contribution in [0.15, 0.2) is 18.5 Å². The van der Waals surface area contributed by atoms with Crippen molar-refractivity contribution in [2.45, 2.75) is 44.8 Å². The van der Waals surface area contributed by atoms with Crippen LogP contribution < -0.4 is 10.5 Å². The Balaban J connectivity index is 2.02. The predicted molar refractivity (Wildman–Crippen MR) is 83.7 cm³/mol. The van der Waals surface area contributed by atoms with Crippen molar-refractivity contribution in [3.05, 3.63) is 24.0 Å². The van der Waals surface area contributed by atoms with Gasteiger partial charge in [0.05, 0.1) is 13.3 Å². The van der Waals surface area contributed by atoms with Crippen molar-refractivity contribution < 1.29 is 14.3 Å². The number of rotatable bonds is 2. The Morgan fingerprint density at radius 1 is 1.32 bits per heavy atom. The molecule has 1 amide bonds. The van der Waals surface area contributed by atoms with Crippen molar-refractivity contribution in [3.8, 4) is 5.75 Å². The Morgan fingerprint density at radius 3 is 2.50 bits per heavy atom. The molecule has 122 valence electrons. The number of carbonyl (C=O) groups is 1. The molecular weight excluding hydrogens is 282 g/mol. The first-order chi connectivity index (χ1) is 10.2. The second-order valence-corrected chi connectivity index (χ2v) is 6.74. The van der Waals surface area contributed by atoms with Gasteiger partial charge >= 0.3 is 6.09 Å². The predicted octanol–water partition coefficient (Wildman–Crippen LogP) is 2.28. The van der Waals surface area contributed by atoms with E-state index in [1.165, 1.54) is 0 Å². The van der Waals surface area contributed by atoms with Gasteiger partial charge in [0.2, 0.25) is 0 Å². The number of likely N-dealkylation sites (tertiary alicyclic amines) is 1. The lowest BCUT2D eigenvalue weighted by Crippen LogP contribution is -2.50. The second-order valence-electron chi connectivity index (χ2n) is 6.74. The summed E-state index contributed by atoms with van der Waals surface area (Å²) in [6, 6.07) is 1.91. The first-order valence-corrected chi connectivity index (χ1v) is 7.50. The van der Waals surface area contributed by atoms with Crippen LogP contribution in [0.5, 0.6) is 5.75 Å². The Morgan fingerprint density at radius 2 is 1.95 bits per heavy atom. The fraction of sp³-hybridized carbons (Fsp3) is 0.625. The zero-order valence-electron chi connectivity index (χ0n) is 13.8. The number of pyridine rings is 1. The van der Waals surface area contributed by atoms with Crippen molar-refractivity contribution in [2.24, 2.45) is 5.73 Å². The molecule has 0 unspecified atom stereocenters. The average molecular weight is 307 g/mol. The number of methoxy groups -OCH3 is 1. The van der Waals surface area contributed by atoms with Gasteiger partial charge in [-0.15, -0.1) is 0 Å². The van der Waals surface area contributed by atoms with Crippen LogP contribution in [-0.2, 0) is 10.3 Å². The highest BCUT2D eigenvalue weighted by atomic mass is 16.6. The SMILES string of the molecule is COc1cncc(C2(N)CCN(C(=O)OC(C)(C)C)CC2)c1. The molecule has 0 aromatic carbocycles. The van der Waals surface area contributed by atoms with E-state index in [9.17, 15) is 4.79 Å². The summed E-state index contributed by atoms with van der Waals surface area (Å²) < 4.78 is 10.6. The normalized spacial score (nSPS) is 18.0. The molecule has 0 radical (unpaired) electrons. The van der Waals surface area contributed by atoms with Crippen LogP contribution in [-0.4, -0.2) is 41.8 Å². The number of nitrogens with two attached hydrogens (primary N) is 1. The van der Waals surface area contributed by atoms with Crippen molar-refractivity contribution in [3.63, 3.8) is 0 Å². The summed E-state index contributed by atoms with van der Waals surface area (Å²) in [4.78, 5) is 18.0. The zero-order chi connectivity index (χ0) is 16.4. The third kappa shape index (κ3) is 3.88. The maximum absolute atomic E-state index is 12.1. The minimum Gasteiger partial charge on any atom is -0.495 e. The van der Waals surface area contributed by atoms with Gasteiger partial charge in [0.1, 0.15) is 11.4 Å². The number of hydrogen-bond donors (Lipinski definition) is 1. The summed E-state index contributed by atoms with van der Waals surface area (Å²) in [7, 11) is 1.61. The minimum atomic E-state index is -0.486. The maximum atomic E-state index is 12.1. The summed E-state index contributed by atoms with van der Waals surface area (Å²) in [5, 5.41) is 0. The molecule has 1 saturated heterocycles. The number of hydrogen-bond acceptors (Lipinski definition) is 5. The van der Waals surface area contributed by atoms with Gasteiger partial charge in [-0.05, 0) is 45.2 Å². The van der Waals surface area contributed by atoms with Crippen LogP contribution in [0, 0.1) is 0 Å². The van der Waals surface area contributed by atoms with Gasteiger partial charge in [0.25, 0.3) is 0 Å². The van der Waals surface area contributed by atoms with Crippen LogP contribution in [0.3, 0.4) is 0 Å². The molecule has 0 atom stereocenters. The topological polar surface area (TPSA) is 77.7 Å². The van der Waals surface area contributed by atoms with E-state index in [0.717, 1.165) is 5.56 Å². The molecule has 1 aromatic heterocycles. The molecular formula is C16H25N3O3. The Labute approximate surface area is 131 Å². The van der Waals surface area contributed by atoms with Gasteiger partial charge in [0, 0.05) is 24.8 Å². The number of amides is 1. The molecule has 1 aliphatic heterocycles. The summed E-state index contributed by atoms with van der Waals surface area (Å²) in [5.74, 6) is 0.692. The van der Waals surface area contributed by atoms with E-state index in [4.69, 9.17) is 15.2 Å². The quantitative estimate of drug-likeness (QED) is 0.907. The summed E-state index contributed by atoms with van der Waals surface area (Å²) in [6.07, 6.45) is 4.48. The van der Waals surface area contributed by atoms with E-state index >= 15 is 0 Å². The second kappa shape index (κ2) is 6.12. The van der Waals surface area contributed by atoms with E-state index in [-0.39, 0.29) is 6.09 Å². The molecule has 6 heteroatoms. The lowest BCUT2D eigenvalue weighted by Gasteiger charge is -2.39. The molecule has 1 aromatic rings. The van der Waals surface area contributed by atoms with Crippen molar-refractivity contribution in [1.82, 2.24) is 9.88 Å². The molecule has 6 nitrogen and oxygen atoms in total. The summed E-state index contributed by atoms with van der Waals surface area (Å²) >= 11 is 0. The zero-order valence-corrected chi connectivity index (χ0v) is 13.8. The average Bonchev–Trinajstić information content (AvgIpc) is 2.46. The summed E-state index contributed by atoms with van der Waals surface area (Å²) in [6.45, 7) is 6.74. The van der Waals surface area contributed by atoms with E-state index in [2.05, 4.69) is 4.98 Å². The smallest absolute Gasteiger partial charge is 0.410 e. The Kier molecular flexibility index (Phi) is 4.60. The van der Waals surface area contributed by atoms with Gasteiger partial charge in [-0.25, -0.2) is 4.79 Å². The standard InChI is InChI=1S/C16H25N3O3/c1-15(2,3)22-14(20)19-7-5-16(17,6-8-19)12-9-13(21-4)11-18-10-12/h9-11H,5-8,17H2,1-4H3. The molecule has 0 bridgehead atoms. The first-order valence-electron chi connectivity index (χ1n) is 7.50. The third-order valence-corrected chi connectivity index (χ3v) is 3.83. The van der Waals surface area contributed by atoms with Crippen molar-refractivity contribution in [2.75, 3.05) is 20.2 Å². The Hall–Kier alpha value is -1.82. The van der Waals surface area contributed by atoms with E-state index in [1.54, 1.807) is 24.4 Å². The van der Waals surface area contributed by atoms with E-state index in [0.29, 0.717) is 31.7 Å². The van der Waals surface area contributed by atoms with Crippen molar-refractivity contribution >= 4 is 6.09 Å². The van der Waals surface area contributed by atoms with Crippen LogP contribution in [0.25, 0.3) is 0 Å². The van der Waals surface area contributed by atoms with Crippen LogP contribution >= 0.6 is 0 Å². The van der Waals surface area contributed by atoms with Crippen molar-refractivity contribution in [1.29, 1.82) is 0 Å². The molecule has 2 heterocycles. The number of nitrogens with zero attached hydrogens (tertiary/aromatic N) is 2. The number of ether oxygens (including phenoxy) is 2. The van der Waals surface area contributed by atoms with Gasteiger partial charge in [0.15, 0.2) is 0 Å². The van der Waals surface area contributed by atoms with Crippen LogP contribution in [0.4, 0.5) is 4.79 Å². The Bertz CT molecular complexity index is 532. The van der Waals surface area contributed by atoms with Gasteiger partial charge in [-0.2, -0.15) is 0 Å². The molecule has 2 N–H and O–H groups in total. The maximum Gasteiger partial charge on any atom is 0.410 e. The monoisotopic (exact) mass is 307 g/mol. The molecule has 2 rings (SSSR count). The molecule has 22 heavy (non-hydrogen) atoms. The lowest BCUT2D eigenvalue weighted by atomic mass is 9.83. The fourth-order valence-electron chi connectivity index (χ4n) is 2.51. The molecule has 0 aliphatic carbocycles. The first kappa shape index (κ1) is 16.5.